The Bertz CT molecular complexity index is 1460. The van der Waals surface area contributed by atoms with Gasteiger partial charge in [0.25, 0.3) is 0 Å². The summed E-state index contributed by atoms with van der Waals surface area (Å²) in [7, 11) is -0.304. The Morgan fingerprint density at radius 1 is 0.821 bits per heavy atom. The molecular formula is C33H29F2O3S+. The number of benzene rings is 4. The van der Waals surface area contributed by atoms with Crippen LogP contribution in [0.5, 0.6) is 5.75 Å². The van der Waals surface area contributed by atoms with Gasteiger partial charge in [-0.1, -0.05) is 54.3 Å². The van der Waals surface area contributed by atoms with Crippen LogP contribution in [0.25, 0.3) is 0 Å². The first-order chi connectivity index (χ1) is 18.6. The number of rotatable bonds is 7. The van der Waals surface area contributed by atoms with Gasteiger partial charge in [0.05, 0.1) is 16.5 Å². The minimum absolute atomic E-state index is 0.105. The number of carbonyl (C=O) groups is 1. The minimum Gasteiger partial charge on any atom is -0.481 e. The summed E-state index contributed by atoms with van der Waals surface area (Å²) in [5.41, 5.74) is 0.477. The van der Waals surface area contributed by atoms with Gasteiger partial charge in [0.2, 0.25) is 0 Å². The van der Waals surface area contributed by atoms with Crippen LogP contribution in [0.1, 0.15) is 30.5 Å². The van der Waals surface area contributed by atoms with Gasteiger partial charge >= 0.3 is 5.97 Å². The van der Waals surface area contributed by atoms with E-state index >= 15 is 0 Å². The summed E-state index contributed by atoms with van der Waals surface area (Å²) in [6.45, 7) is 6.75. The van der Waals surface area contributed by atoms with E-state index in [1.807, 2.05) is 50.2 Å². The van der Waals surface area contributed by atoms with Crippen molar-refractivity contribution >= 4 is 16.9 Å². The van der Waals surface area contributed by atoms with Crippen molar-refractivity contribution in [3.63, 3.8) is 0 Å². The molecule has 0 unspecified atom stereocenters. The Morgan fingerprint density at radius 3 is 1.95 bits per heavy atom. The third kappa shape index (κ3) is 7.07. The van der Waals surface area contributed by atoms with E-state index in [1.165, 1.54) is 21.9 Å². The molecule has 0 radical (unpaired) electrons. The smallest absolute Gasteiger partial charge is 0.345 e. The first-order valence-corrected chi connectivity index (χ1v) is 13.6. The lowest BCUT2D eigenvalue weighted by molar-refractivity contribution is -0.154. The van der Waals surface area contributed by atoms with Crippen LogP contribution in [0.4, 0.5) is 8.78 Å². The van der Waals surface area contributed by atoms with Crippen molar-refractivity contribution in [1.29, 1.82) is 0 Å². The molecule has 4 rings (SSSR count). The van der Waals surface area contributed by atoms with Crippen molar-refractivity contribution < 1.29 is 23.0 Å². The summed E-state index contributed by atoms with van der Waals surface area (Å²) in [4.78, 5) is 16.2. The molecule has 0 N–H and O–H groups in total. The molecule has 0 fully saturated rings. The predicted octanol–water partition coefficient (Wildman–Crippen LogP) is 7.43. The quantitative estimate of drug-likeness (QED) is 0.138. The SMILES string of the molecule is Cc1cc([S+](c2ccccc2)c2ccccc2)cc(C)c1OCC(=O)OC(C)(C)C#Cc1cccc(F)c1F. The third-order valence-corrected chi connectivity index (χ3v) is 7.97. The van der Waals surface area contributed by atoms with E-state index in [4.69, 9.17) is 9.47 Å². The number of aryl methyl sites for hydroxylation is 2. The molecule has 198 valence electrons. The minimum atomic E-state index is -1.23. The van der Waals surface area contributed by atoms with Crippen molar-refractivity contribution in [2.45, 2.75) is 48.0 Å². The van der Waals surface area contributed by atoms with Gasteiger partial charge in [0, 0.05) is 12.1 Å². The lowest BCUT2D eigenvalue weighted by Crippen LogP contribution is -2.29. The summed E-state index contributed by atoms with van der Waals surface area (Å²) in [6, 6.07) is 28.7. The molecule has 0 heterocycles. The van der Waals surface area contributed by atoms with Gasteiger partial charge in [-0.05, 0) is 75.2 Å². The maximum atomic E-state index is 13.9. The lowest BCUT2D eigenvalue weighted by Gasteiger charge is -2.20. The second kappa shape index (κ2) is 12.2. The van der Waals surface area contributed by atoms with Crippen LogP contribution >= 0.6 is 0 Å². The van der Waals surface area contributed by atoms with Crippen molar-refractivity contribution in [2.24, 2.45) is 0 Å². The topological polar surface area (TPSA) is 35.5 Å². The molecule has 0 saturated carbocycles. The van der Waals surface area contributed by atoms with Crippen LogP contribution in [0.2, 0.25) is 0 Å². The number of carbonyl (C=O) groups excluding carboxylic acids is 1. The van der Waals surface area contributed by atoms with E-state index in [0.29, 0.717) is 5.75 Å². The zero-order chi connectivity index (χ0) is 28.0. The lowest BCUT2D eigenvalue weighted by atomic mass is 10.1. The van der Waals surface area contributed by atoms with Gasteiger partial charge in [-0.3, -0.25) is 0 Å². The highest BCUT2D eigenvalue weighted by Crippen LogP contribution is 2.35. The molecule has 0 spiro atoms. The highest BCUT2D eigenvalue weighted by Gasteiger charge is 2.30. The van der Waals surface area contributed by atoms with E-state index in [9.17, 15) is 13.6 Å². The van der Waals surface area contributed by atoms with Crippen LogP contribution in [-0.4, -0.2) is 18.2 Å². The normalized spacial score (nSPS) is 11.1. The Kier molecular flexibility index (Phi) is 8.73. The molecule has 4 aromatic rings. The van der Waals surface area contributed by atoms with Crippen LogP contribution in [0.15, 0.2) is 106 Å². The van der Waals surface area contributed by atoms with Gasteiger partial charge in [-0.2, -0.15) is 0 Å². The number of hydrogen-bond acceptors (Lipinski definition) is 3. The van der Waals surface area contributed by atoms with E-state index in [2.05, 4.69) is 48.2 Å². The maximum absolute atomic E-state index is 13.9. The fourth-order valence-corrected chi connectivity index (χ4v) is 6.33. The number of halogens is 2. The summed E-state index contributed by atoms with van der Waals surface area (Å²) < 4.78 is 38.7. The summed E-state index contributed by atoms with van der Waals surface area (Å²) >= 11 is 0. The second-order valence-corrected chi connectivity index (χ2v) is 11.5. The Morgan fingerprint density at radius 2 is 1.38 bits per heavy atom. The Labute approximate surface area is 231 Å². The van der Waals surface area contributed by atoms with E-state index in [-0.39, 0.29) is 23.1 Å². The molecule has 0 aliphatic rings. The average molecular weight is 544 g/mol. The highest BCUT2D eigenvalue weighted by molar-refractivity contribution is 7.97. The van der Waals surface area contributed by atoms with Gasteiger partial charge in [-0.15, -0.1) is 0 Å². The maximum Gasteiger partial charge on any atom is 0.345 e. The van der Waals surface area contributed by atoms with Crippen LogP contribution in [-0.2, 0) is 20.4 Å². The first kappa shape index (κ1) is 27.9. The van der Waals surface area contributed by atoms with Crippen molar-refractivity contribution in [2.75, 3.05) is 6.61 Å². The number of esters is 1. The molecule has 0 aliphatic heterocycles. The average Bonchev–Trinajstić information content (AvgIpc) is 2.90. The Balaban J connectivity index is 1.49. The predicted molar refractivity (Wildman–Crippen MR) is 150 cm³/mol. The molecule has 0 aliphatic carbocycles. The molecular weight excluding hydrogens is 514 g/mol. The molecule has 0 atom stereocenters. The van der Waals surface area contributed by atoms with E-state index in [0.717, 1.165) is 22.1 Å². The molecule has 39 heavy (non-hydrogen) atoms. The Hall–Kier alpha value is -4.08. The molecule has 0 bridgehead atoms. The molecule has 4 aromatic carbocycles. The molecule has 6 heteroatoms. The van der Waals surface area contributed by atoms with Crippen LogP contribution < -0.4 is 4.74 Å². The van der Waals surface area contributed by atoms with Crippen LogP contribution in [0.3, 0.4) is 0 Å². The fraction of sp³-hybridized carbons (Fsp3) is 0.182. The van der Waals surface area contributed by atoms with Gasteiger partial charge in [0.15, 0.2) is 38.5 Å². The second-order valence-electron chi connectivity index (χ2n) is 9.44. The zero-order valence-corrected chi connectivity index (χ0v) is 23.1. The van der Waals surface area contributed by atoms with Crippen molar-refractivity contribution in [3.8, 4) is 17.6 Å². The van der Waals surface area contributed by atoms with Gasteiger partial charge < -0.3 is 9.47 Å². The van der Waals surface area contributed by atoms with Gasteiger partial charge in [0.1, 0.15) is 5.75 Å². The van der Waals surface area contributed by atoms with Gasteiger partial charge in [-0.25, -0.2) is 13.6 Å². The fourth-order valence-electron chi connectivity index (χ4n) is 4.07. The zero-order valence-electron chi connectivity index (χ0n) is 22.3. The summed E-state index contributed by atoms with van der Waals surface area (Å²) in [5, 5.41) is 0. The van der Waals surface area contributed by atoms with Crippen molar-refractivity contribution in [3.05, 3.63) is 119 Å². The standard InChI is InChI=1S/C33H29F2O3S/c1-23-20-28(39(26-13-7-5-8-14-26)27-15-9-6-10-16-27)21-24(2)32(23)37-22-30(36)38-33(3,4)19-18-25-12-11-17-29(34)31(25)35/h5-17,20-21H,22H2,1-4H3/q+1. The van der Waals surface area contributed by atoms with Crippen LogP contribution in [0, 0.1) is 37.3 Å². The largest absolute Gasteiger partial charge is 0.481 e. The molecule has 3 nitrogen and oxygen atoms in total. The molecule has 0 aromatic heterocycles. The van der Waals surface area contributed by atoms with E-state index < -0.39 is 23.2 Å². The highest BCUT2D eigenvalue weighted by atomic mass is 32.2. The van der Waals surface area contributed by atoms with Crippen molar-refractivity contribution in [1.82, 2.24) is 0 Å². The monoisotopic (exact) mass is 543 g/mol. The number of hydrogen-bond donors (Lipinski definition) is 0. The molecule has 0 saturated heterocycles. The first-order valence-electron chi connectivity index (χ1n) is 12.4. The number of ether oxygens (including phenoxy) is 2. The summed E-state index contributed by atoms with van der Waals surface area (Å²) in [5.74, 6) is 3.22. The third-order valence-electron chi connectivity index (χ3n) is 5.78. The molecule has 0 amide bonds. The van der Waals surface area contributed by atoms with E-state index in [1.54, 1.807) is 13.8 Å². The summed E-state index contributed by atoms with van der Waals surface area (Å²) in [6.07, 6.45) is 0.